The average Bonchev–Trinajstić information content (AvgIpc) is 2.48. The maximum Gasteiger partial charge on any atom is 0.128 e. The molecule has 0 saturated carbocycles. The summed E-state index contributed by atoms with van der Waals surface area (Å²) in [6.45, 7) is 2.38. The average molecular weight is 285 g/mol. The first kappa shape index (κ1) is 14.7. The summed E-state index contributed by atoms with van der Waals surface area (Å²) in [6, 6.07) is 13.9. The van der Waals surface area contributed by atoms with Crippen LogP contribution in [0.2, 0.25) is 0 Å². The second-order valence-electron chi connectivity index (χ2n) is 4.77. The van der Waals surface area contributed by atoms with Gasteiger partial charge in [0.05, 0.1) is 0 Å². The number of hydrogen-bond acceptors (Lipinski definition) is 3. The molecular weight excluding hydrogens is 266 g/mol. The highest BCUT2D eigenvalue weighted by Crippen LogP contribution is 2.31. The number of phenols is 1. The molecule has 0 fully saturated rings. The van der Waals surface area contributed by atoms with Crippen molar-refractivity contribution >= 4 is 17.1 Å². The SMILES string of the molecule is CCCC(=S)c1cc(-c2ccccc2)cc(CN)c1O. The predicted octanol–water partition coefficient (Wildman–Crippen LogP) is 4.04. The van der Waals surface area contributed by atoms with Gasteiger partial charge in [0.15, 0.2) is 0 Å². The van der Waals surface area contributed by atoms with Crippen molar-refractivity contribution in [3.05, 3.63) is 53.6 Å². The minimum absolute atomic E-state index is 0.227. The van der Waals surface area contributed by atoms with Crippen LogP contribution in [-0.4, -0.2) is 9.97 Å². The molecule has 2 aromatic rings. The van der Waals surface area contributed by atoms with E-state index in [9.17, 15) is 5.11 Å². The predicted molar refractivity (Wildman–Crippen MR) is 88.0 cm³/mol. The summed E-state index contributed by atoms with van der Waals surface area (Å²) >= 11 is 5.42. The molecule has 2 nitrogen and oxygen atoms in total. The molecule has 0 aliphatic rings. The van der Waals surface area contributed by atoms with Crippen molar-refractivity contribution in [1.29, 1.82) is 0 Å². The van der Waals surface area contributed by atoms with E-state index >= 15 is 0 Å². The third-order valence-corrected chi connectivity index (χ3v) is 3.72. The lowest BCUT2D eigenvalue weighted by Gasteiger charge is -2.13. The van der Waals surface area contributed by atoms with Crippen LogP contribution in [0.25, 0.3) is 11.1 Å². The van der Waals surface area contributed by atoms with Gasteiger partial charge in [0.1, 0.15) is 5.75 Å². The maximum absolute atomic E-state index is 10.3. The molecule has 2 rings (SSSR count). The van der Waals surface area contributed by atoms with E-state index < -0.39 is 0 Å². The fraction of sp³-hybridized carbons (Fsp3) is 0.235. The van der Waals surface area contributed by atoms with E-state index in [0.717, 1.165) is 40.0 Å². The topological polar surface area (TPSA) is 46.2 Å². The number of aromatic hydroxyl groups is 1. The Morgan fingerprint density at radius 3 is 2.45 bits per heavy atom. The molecule has 2 aromatic carbocycles. The summed E-state index contributed by atoms with van der Waals surface area (Å²) in [7, 11) is 0. The van der Waals surface area contributed by atoms with Crippen molar-refractivity contribution in [2.45, 2.75) is 26.3 Å². The zero-order chi connectivity index (χ0) is 14.5. The van der Waals surface area contributed by atoms with E-state index in [1.165, 1.54) is 0 Å². The molecule has 3 N–H and O–H groups in total. The molecule has 0 saturated heterocycles. The van der Waals surface area contributed by atoms with Crippen molar-refractivity contribution in [2.75, 3.05) is 0 Å². The molecular formula is C17H19NOS. The van der Waals surface area contributed by atoms with Crippen LogP contribution in [-0.2, 0) is 6.54 Å². The van der Waals surface area contributed by atoms with Gasteiger partial charge in [0, 0.05) is 22.5 Å². The van der Waals surface area contributed by atoms with E-state index in [0.29, 0.717) is 6.54 Å². The fourth-order valence-electron chi connectivity index (χ4n) is 2.22. The minimum Gasteiger partial charge on any atom is -0.507 e. The van der Waals surface area contributed by atoms with Crippen LogP contribution < -0.4 is 5.73 Å². The molecule has 0 unspecified atom stereocenters. The summed E-state index contributed by atoms with van der Waals surface area (Å²) in [5.74, 6) is 0.227. The molecule has 0 atom stereocenters. The Kier molecular flexibility index (Phi) is 4.88. The first-order valence-corrected chi connectivity index (χ1v) is 7.22. The van der Waals surface area contributed by atoms with Gasteiger partial charge in [-0.2, -0.15) is 0 Å². The normalized spacial score (nSPS) is 10.5. The Hall–Kier alpha value is -1.71. The van der Waals surface area contributed by atoms with Crippen LogP contribution in [0.4, 0.5) is 0 Å². The van der Waals surface area contributed by atoms with Crippen LogP contribution in [0.15, 0.2) is 42.5 Å². The van der Waals surface area contributed by atoms with Gasteiger partial charge in [-0.25, -0.2) is 0 Å². The molecule has 0 heterocycles. The number of hydrogen-bond donors (Lipinski definition) is 2. The lowest BCUT2D eigenvalue weighted by molar-refractivity contribution is 0.467. The van der Waals surface area contributed by atoms with E-state index in [-0.39, 0.29) is 5.75 Å². The van der Waals surface area contributed by atoms with Gasteiger partial charge in [0.2, 0.25) is 0 Å². The summed E-state index contributed by atoms with van der Waals surface area (Å²) in [5, 5.41) is 10.3. The summed E-state index contributed by atoms with van der Waals surface area (Å²) in [6.07, 6.45) is 1.76. The third-order valence-electron chi connectivity index (χ3n) is 3.29. The van der Waals surface area contributed by atoms with E-state index in [2.05, 4.69) is 6.92 Å². The number of thiocarbonyl (C=S) groups is 1. The van der Waals surface area contributed by atoms with Crippen molar-refractivity contribution in [3.63, 3.8) is 0 Å². The minimum atomic E-state index is 0.227. The van der Waals surface area contributed by atoms with Gasteiger partial charge in [-0.05, 0) is 29.7 Å². The van der Waals surface area contributed by atoms with Crippen LogP contribution in [0, 0.1) is 0 Å². The number of phenolic OH excluding ortho intramolecular Hbond substituents is 1. The summed E-state index contributed by atoms with van der Waals surface area (Å²) in [5.41, 5.74) is 9.35. The van der Waals surface area contributed by atoms with Crippen molar-refractivity contribution in [3.8, 4) is 16.9 Å². The Labute approximate surface area is 125 Å². The Morgan fingerprint density at radius 2 is 1.85 bits per heavy atom. The van der Waals surface area contributed by atoms with Crippen molar-refractivity contribution in [1.82, 2.24) is 0 Å². The van der Waals surface area contributed by atoms with E-state index in [4.69, 9.17) is 18.0 Å². The first-order valence-electron chi connectivity index (χ1n) is 6.82. The number of rotatable bonds is 5. The van der Waals surface area contributed by atoms with Gasteiger partial charge < -0.3 is 10.8 Å². The lowest BCUT2D eigenvalue weighted by Crippen LogP contribution is -2.03. The quantitative estimate of drug-likeness (QED) is 0.644. The Morgan fingerprint density at radius 1 is 1.15 bits per heavy atom. The molecule has 104 valence electrons. The Bertz CT molecular complexity index is 608. The standard InChI is InChI=1S/C17H19NOS/c1-2-6-16(20)15-10-13(9-14(11-18)17(15)19)12-7-4-3-5-8-12/h3-5,7-10,19H,2,6,11,18H2,1H3. The highest BCUT2D eigenvalue weighted by Gasteiger charge is 2.13. The smallest absolute Gasteiger partial charge is 0.128 e. The zero-order valence-corrected chi connectivity index (χ0v) is 12.4. The Balaban J connectivity index is 2.55. The number of benzene rings is 2. The number of nitrogens with two attached hydrogens (primary N) is 1. The third kappa shape index (κ3) is 3.06. The van der Waals surface area contributed by atoms with Crippen LogP contribution >= 0.6 is 12.2 Å². The van der Waals surface area contributed by atoms with Gasteiger partial charge in [-0.15, -0.1) is 0 Å². The first-order chi connectivity index (χ1) is 9.67. The fourth-order valence-corrected chi connectivity index (χ4v) is 2.58. The summed E-state index contributed by atoms with van der Waals surface area (Å²) in [4.78, 5) is 0.789. The lowest BCUT2D eigenvalue weighted by atomic mass is 9.96. The molecule has 0 bridgehead atoms. The molecule has 3 heteroatoms. The highest BCUT2D eigenvalue weighted by atomic mass is 32.1. The van der Waals surface area contributed by atoms with Gasteiger partial charge in [-0.1, -0.05) is 55.9 Å². The van der Waals surface area contributed by atoms with Crippen LogP contribution in [0.3, 0.4) is 0 Å². The molecule has 20 heavy (non-hydrogen) atoms. The van der Waals surface area contributed by atoms with Gasteiger partial charge >= 0.3 is 0 Å². The molecule has 0 aliphatic heterocycles. The monoisotopic (exact) mass is 285 g/mol. The van der Waals surface area contributed by atoms with Crippen molar-refractivity contribution < 1.29 is 5.11 Å². The van der Waals surface area contributed by atoms with Gasteiger partial charge in [-0.3, -0.25) is 0 Å². The zero-order valence-electron chi connectivity index (χ0n) is 11.6. The molecule has 0 amide bonds. The highest BCUT2D eigenvalue weighted by molar-refractivity contribution is 7.80. The molecule has 0 aliphatic carbocycles. The molecule has 0 spiro atoms. The largest absolute Gasteiger partial charge is 0.507 e. The second kappa shape index (κ2) is 6.64. The maximum atomic E-state index is 10.3. The molecule has 0 radical (unpaired) electrons. The second-order valence-corrected chi connectivity index (χ2v) is 5.27. The summed E-state index contributed by atoms with van der Waals surface area (Å²) < 4.78 is 0. The van der Waals surface area contributed by atoms with Crippen molar-refractivity contribution in [2.24, 2.45) is 5.73 Å². The van der Waals surface area contributed by atoms with Gasteiger partial charge in [0.25, 0.3) is 0 Å². The van der Waals surface area contributed by atoms with Crippen LogP contribution in [0.5, 0.6) is 5.75 Å². The van der Waals surface area contributed by atoms with Crippen LogP contribution in [0.1, 0.15) is 30.9 Å². The van der Waals surface area contributed by atoms with E-state index in [1.54, 1.807) is 0 Å². The van der Waals surface area contributed by atoms with E-state index in [1.807, 2.05) is 42.5 Å². The molecule has 0 aromatic heterocycles.